The normalized spacial score (nSPS) is 31.8. The summed E-state index contributed by atoms with van der Waals surface area (Å²) in [6.45, 7) is 2.47. The predicted molar refractivity (Wildman–Crippen MR) is 114 cm³/mol. The van der Waals surface area contributed by atoms with E-state index in [0.717, 1.165) is 24.8 Å². The monoisotopic (exact) mass is 389 g/mol. The molecule has 0 saturated heterocycles. The lowest BCUT2D eigenvalue weighted by Gasteiger charge is -2.49. The average Bonchev–Trinajstić information content (AvgIpc) is 3.04. The van der Waals surface area contributed by atoms with Crippen LogP contribution in [0.3, 0.4) is 0 Å². The van der Waals surface area contributed by atoms with Crippen molar-refractivity contribution in [2.24, 2.45) is 17.3 Å². The highest BCUT2D eigenvalue weighted by Gasteiger charge is 2.51. The van der Waals surface area contributed by atoms with Crippen molar-refractivity contribution >= 4 is 11.8 Å². The van der Waals surface area contributed by atoms with Crippen LogP contribution in [0.2, 0.25) is 0 Å². The fourth-order valence-electron chi connectivity index (χ4n) is 6.49. The maximum Gasteiger partial charge on any atom is 0.269 e. The lowest BCUT2D eigenvalue weighted by molar-refractivity contribution is -0.384. The molecule has 2 aromatic carbocycles. The van der Waals surface area contributed by atoms with E-state index in [4.69, 9.17) is 0 Å². The first kappa shape index (κ1) is 18.4. The molecule has 5 rings (SSSR count). The summed E-state index contributed by atoms with van der Waals surface area (Å²) < 4.78 is 0. The molecular weight excluding hydrogens is 362 g/mol. The van der Waals surface area contributed by atoms with Gasteiger partial charge < -0.3 is 5.11 Å². The van der Waals surface area contributed by atoms with Crippen molar-refractivity contribution in [2.75, 3.05) is 0 Å². The number of phenolic OH excluding ortho intramolecular Hbond substituents is 1. The highest BCUT2D eigenvalue weighted by Crippen LogP contribution is 2.62. The number of aryl methyl sites for hydroxylation is 1. The van der Waals surface area contributed by atoms with Gasteiger partial charge in [0.2, 0.25) is 0 Å². The SMILES string of the molecule is CC12CCC3c4ccc(O)cc4CCC3C1C/C(=C\c1ccc([N+](=O)[O-])cc1)C2. The van der Waals surface area contributed by atoms with Crippen LogP contribution < -0.4 is 0 Å². The van der Waals surface area contributed by atoms with Gasteiger partial charge in [0.15, 0.2) is 0 Å². The second-order valence-corrected chi connectivity index (χ2v) is 9.52. The number of aromatic hydroxyl groups is 1. The molecule has 0 amide bonds. The largest absolute Gasteiger partial charge is 0.508 e. The third-order valence-corrected chi connectivity index (χ3v) is 7.82. The van der Waals surface area contributed by atoms with E-state index in [-0.39, 0.29) is 10.6 Å². The summed E-state index contributed by atoms with van der Waals surface area (Å²) in [6.07, 6.45) is 9.31. The van der Waals surface area contributed by atoms with Crippen molar-refractivity contribution in [3.05, 3.63) is 74.8 Å². The number of fused-ring (bicyclic) bond motifs is 5. The fraction of sp³-hybridized carbons (Fsp3) is 0.440. The van der Waals surface area contributed by atoms with Gasteiger partial charge in [-0.25, -0.2) is 0 Å². The maximum atomic E-state index is 10.9. The van der Waals surface area contributed by atoms with Gasteiger partial charge in [-0.1, -0.05) is 24.6 Å². The number of non-ortho nitro benzene ring substituents is 1. The third-order valence-electron chi connectivity index (χ3n) is 7.82. The number of hydrogen-bond donors (Lipinski definition) is 1. The molecule has 0 heterocycles. The molecule has 3 aliphatic carbocycles. The van der Waals surface area contributed by atoms with Crippen molar-refractivity contribution in [3.63, 3.8) is 0 Å². The molecule has 4 nitrogen and oxygen atoms in total. The van der Waals surface area contributed by atoms with Crippen LogP contribution in [0, 0.1) is 27.4 Å². The molecule has 2 saturated carbocycles. The first-order valence-electron chi connectivity index (χ1n) is 10.7. The number of nitrogens with zero attached hydrogens (tertiary/aromatic N) is 1. The number of nitro benzene ring substituents is 1. The summed E-state index contributed by atoms with van der Waals surface area (Å²) in [6, 6.07) is 12.9. The van der Waals surface area contributed by atoms with Crippen LogP contribution in [0.15, 0.2) is 48.0 Å². The Labute approximate surface area is 171 Å². The smallest absolute Gasteiger partial charge is 0.269 e. The van der Waals surface area contributed by atoms with Gasteiger partial charge in [-0.3, -0.25) is 10.1 Å². The summed E-state index contributed by atoms with van der Waals surface area (Å²) in [5, 5.41) is 20.7. The lowest BCUT2D eigenvalue weighted by atomic mass is 9.56. The van der Waals surface area contributed by atoms with Gasteiger partial charge in [0.05, 0.1) is 4.92 Å². The van der Waals surface area contributed by atoms with Gasteiger partial charge in [0.25, 0.3) is 5.69 Å². The molecule has 2 aromatic rings. The molecule has 0 spiro atoms. The summed E-state index contributed by atoms with van der Waals surface area (Å²) in [7, 11) is 0. The number of allylic oxidation sites excluding steroid dienone is 1. The Morgan fingerprint density at radius 2 is 1.97 bits per heavy atom. The molecule has 4 heteroatoms. The highest BCUT2D eigenvalue weighted by atomic mass is 16.6. The van der Waals surface area contributed by atoms with Gasteiger partial charge in [0, 0.05) is 12.1 Å². The first-order valence-corrected chi connectivity index (χ1v) is 10.7. The summed E-state index contributed by atoms with van der Waals surface area (Å²) >= 11 is 0. The van der Waals surface area contributed by atoms with E-state index in [1.165, 1.54) is 36.0 Å². The van der Waals surface area contributed by atoms with Gasteiger partial charge >= 0.3 is 0 Å². The molecule has 150 valence electrons. The van der Waals surface area contributed by atoms with Crippen LogP contribution in [0.25, 0.3) is 6.08 Å². The summed E-state index contributed by atoms with van der Waals surface area (Å²) in [5.41, 5.74) is 5.87. The molecule has 3 aliphatic rings. The standard InChI is InChI=1S/C25H27NO3/c1-25-11-10-22-21-9-7-20(27)14-18(21)4-8-23(22)24(25)13-17(15-25)12-16-2-5-19(6-3-16)26(28)29/h2-3,5-7,9,12,14,22-24,27H,4,8,10-11,13,15H2,1H3/b17-12+. The minimum atomic E-state index is -0.344. The minimum Gasteiger partial charge on any atom is -0.508 e. The third kappa shape index (κ3) is 3.15. The Bertz CT molecular complexity index is 994. The van der Waals surface area contributed by atoms with Crippen LogP contribution >= 0.6 is 0 Å². The van der Waals surface area contributed by atoms with Crippen LogP contribution in [0.1, 0.15) is 61.6 Å². The van der Waals surface area contributed by atoms with Gasteiger partial charge in [0.1, 0.15) is 5.75 Å². The Balaban J connectivity index is 1.40. The Morgan fingerprint density at radius 1 is 1.17 bits per heavy atom. The second-order valence-electron chi connectivity index (χ2n) is 9.52. The van der Waals surface area contributed by atoms with Crippen LogP contribution in [0.4, 0.5) is 5.69 Å². The predicted octanol–water partition coefficient (Wildman–Crippen LogP) is 6.24. The minimum absolute atomic E-state index is 0.147. The fourth-order valence-corrected chi connectivity index (χ4v) is 6.49. The van der Waals surface area contributed by atoms with Crippen molar-refractivity contribution in [1.29, 1.82) is 0 Å². The van der Waals surface area contributed by atoms with Crippen molar-refractivity contribution < 1.29 is 10.0 Å². The number of phenols is 1. The first-order chi connectivity index (χ1) is 13.9. The number of hydrogen-bond acceptors (Lipinski definition) is 3. The van der Waals surface area contributed by atoms with E-state index in [1.54, 1.807) is 12.1 Å². The zero-order valence-corrected chi connectivity index (χ0v) is 16.8. The quantitative estimate of drug-likeness (QED) is 0.488. The zero-order chi connectivity index (χ0) is 20.2. The Kier molecular flexibility index (Phi) is 4.27. The van der Waals surface area contributed by atoms with E-state index in [2.05, 4.69) is 19.1 Å². The maximum absolute atomic E-state index is 10.9. The van der Waals surface area contributed by atoms with Gasteiger partial charge in [-0.05, 0) is 103 Å². The molecule has 2 fully saturated rings. The van der Waals surface area contributed by atoms with Gasteiger partial charge in [-0.2, -0.15) is 0 Å². The Hall–Kier alpha value is -2.62. The lowest BCUT2D eigenvalue weighted by Crippen LogP contribution is -2.39. The second kappa shape index (κ2) is 6.72. The average molecular weight is 389 g/mol. The van der Waals surface area contributed by atoms with Crippen molar-refractivity contribution in [2.45, 2.75) is 51.4 Å². The van der Waals surface area contributed by atoms with E-state index >= 15 is 0 Å². The Morgan fingerprint density at radius 3 is 2.72 bits per heavy atom. The van der Waals surface area contributed by atoms with E-state index in [0.29, 0.717) is 28.9 Å². The summed E-state index contributed by atoms with van der Waals surface area (Å²) in [4.78, 5) is 10.5. The number of benzene rings is 2. The van der Waals surface area contributed by atoms with Crippen LogP contribution in [0.5, 0.6) is 5.75 Å². The molecule has 0 aliphatic heterocycles. The molecule has 1 N–H and O–H groups in total. The molecule has 0 radical (unpaired) electrons. The van der Waals surface area contributed by atoms with Crippen molar-refractivity contribution in [1.82, 2.24) is 0 Å². The molecule has 0 aromatic heterocycles. The van der Waals surface area contributed by atoms with E-state index in [1.807, 2.05) is 24.3 Å². The molecule has 4 unspecified atom stereocenters. The van der Waals surface area contributed by atoms with Crippen LogP contribution in [-0.4, -0.2) is 10.0 Å². The molecule has 29 heavy (non-hydrogen) atoms. The molecule has 4 atom stereocenters. The number of rotatable bonds is 2. The molecular formula is C25H27NO3. The zero-order valence-electron chi connectivity index (χ0n) is 16.8. The highest BCUT2D eigenvalue weighted by molar-refractivity contribution is 5.56. The van der Waals surface area contributed by atoms with Crippen molar-refractivity contribution in [3.8, 4) is 5.75 Å². The van der Waals surface area contributed by atoms with E-state index < -0.39 is 0 Å². The summed E-state index contributed by atoms with van der Waals surface area (Å²) in [5.74, 6) is 2.43. The number of nitro groups is 1. The molecule has 0 bridgehead atoms. The topological polar surface area (TPSA) is 63.4 Å². The van der Waals surface area contributed by atoms with Crippen LogP contribution in [-0.2, 0) is 6.42 Å². The van der Waals surface area contributed by atoms with E-state index in [9.17, 15) is 15.2 Å². The van der Waals surface area contributed by atoms with Gasteiger partial charge in [-0.15, -0.1) is 0 Å².